The van der Waals surface area contributed by atoms with Gasteiger partial charge in [-0.1, -0.05) is 25.1 Å². The molecule has 1 fully saturated rings. The summed E-state index contributed by atoms with van der Waals surface area (Å²) >= 11 is 1.96. The summed E-state index contributed by atoms with van der Waals surface area (Å²) in [5, 5.41) is 0.579. The topological polar surface area (TPSA) is 9.23 Å². The molecule has 1 aromatic carbocycles. The summed E-state index contributed by atoms with van der Waals surface area (Å²) in [5.74, 6) is 0. The van der Waals surface area contributed by atoms with Gasteiger partial charge in [-0.05, 0) is 38.8 Å². The van der Waals surface area contributed by atoms with Gasteiger partial charge in [0, 0.05) is 10.1 Å². The molecule has 1 aliphatic rings. The molecule has 2 rings (SSSR count). The molecule has 0 bridgehead atoms. The Labute approximate surface area is 103 Å². The van der Waals surface area contributed by atoms with Gasteiger partial charge in [-0.3, -0.25) is 0 Å². The summed E-state index contributed by atoms with van der Waals surface area (Å²) in [5.41, 5.74) is 0.0416. The minimum absolute atomic E-state index is 0.0416. The van der Waals surface area contributed by atoms with Crippen molar-refractivity contribution in [2.24, 2.45) is 0 Å². The first-order chi connectivity index (χ1) is 7.64. The van der Waals surface area contributed by atoms with Crippen molar-refractivity contribution < 1.29 is 4.74 Å². The normalized spacial score (nSPS) is 34.2. The molecule has 0 N–H and O–H groups in total. The van der Waals surface area contributed by atoms with E-state index in [2.05, 4.69) is 51.1 Å². The molecule has 3 atom stereocenters. The molecule has 1 heterocycles. The Morgan fingerprint density at radius 3 is 2.69 bits per heavy atom. The molecule has 0 aliphatic carbocycles. The summed E-state index contributed by atoms with van der Waals surface area (Å²) < 4.78 is 6.06. The predicted molar refractivity (Wildman–Crippen MR) is 69.9 cm³/mol. The smallest absolute Gasteiger partial charge is 0.0778 e. The SMILES string of the molecule is CC[C@@]1(C)O[C@H](C)C[C@@H]1Sc1ccccc1. The van der Waals surface area contributed by atoms with Gasteiger partial charge in [0.2, 0.25) is 0 Å². The van der Waals surface area contributed by atoms with E-state index < -0.39 is 0 Å². The van der Waals surface area contributed by atoms with Crippen molar-refractivity contribution in [3.05, 3.63) is 30.3 Å². The fraction of sp³-hybridized carbons (Fsp3) is 0.571. The molecule has 2 heteroatoms. The van der Waals surface area contributed by atoms with Gasteiger partial charge in [-0.15, -0.1) is 11.8 Å². The van der Waals surface area contributed by atoms with Gasteiger partial charge in [0.1, 0.15) is 0 Å². The molecule has 16 heavy (non-hydrogen) atoms. The minimum atomic E-state index is 0.0416. The molecular formula is C14H20OS. The quantitative estimate of drug-likeness (QED) is 0.780. The Balaban J connectivity index is 2.09. The second-order valence-corrected chi connectivity index (χ2v) is 6.03. The molecule has 1 nitrogen and oxygen atoms in total. The third-order valence-corrected chi connectivity index (χ3v) is 4.94. The second kappa shape index (κ2) is 4.80. The van der Waals surface area contributed by atoms with Crippen LogP contribution in [0.1, 0.15) is 33.6 Å². The van der Waals surface area contributed by atoms with Crippen molar-refractivity contribution in [2.45, 2.75) is 55.5 Å². The van der Waals surface area contributed by atoms with Gasteiger partial charge in [-0.2, -0.15) is 0 Å². The van der Waals surface area contributed by atoms with E-state index in [-0.39, 0.29) is 5.60 Å². The van der Waals surface area contributed by atoms with E-state index in [0.29, 0.717) is 11.4 Å². The minimum Gasteiger partial charge on any atom is -0.371 e. The molecule has 0 aromatic heterocycles. The first kappa shape index (κ1) is 12.0. The first-order valence-corrected chi connectivity index (χ1v) is 6.91. The van der Waals surface area contributed by atoms with Gasteiger partial charge in [0.15, 0.2) is 0 Å². The van der Waals surface area contributed by atoms with E-state index in [9.17, 15) is 0 Å². The van der Waals surface area contributed by atoms with Crippen LogP contribution in [0.5, 0.6) is 0 Å². The van der Waals surface area contributed by atoms with Crippen LogP contribution in [0.3, 0.4) is 0 Å². The largest absolute Gasteiger partial charge is 0.371 e. The molecule has 0 amide bonds. The van der Waals surface area contributed by atoms with Crippen molar-refractivity contribution in [3.63, 3.8) is 0 Å². The lowest BCUT2D eigenvalue weighted by Gasteiger charge is -2.29. The van der Waals surface area contributed by atoms with Gasteiger partial charge in [-0.25, -0.2) is 0 Å². The van der Waals surface area contributed by atoms with E-state index in [1.54, 1.807) is 0 Å². The predicted octanol–water partition coefficient (Wildman–Crippen LogP) is 4.12. The lowest BCUT2D eigenvalue weighted by Crippen LogP contribution is -2.32. The molecule has 0 spiro atoms. The second-order valence-electron chi connectivity index (χ2n) is 4.75. The highest BCUT2D eigenvalue weighted by molar-refractivity contribution is 8.00. The molecule has 0 radical (unpaired) electrons. The van der Waals surface area contributed by atoms with Crippen LogP contribution in [-0.2, 0) is 4.74 Å². The first-order valence-electron chi connectivity index (χ1n) is 6.03. The third kappa shape index (κ3) is 2.44. The summed E-state index contributed by atoms with van der Waals surface area (Å²) in [6.07, 6.45) is 2.64. The van der Waals surface area contributed by atoms with Crippen LogP contribution >= 0.6 is 11.8 Å². The van der Waals surface area contributed by atoms with E-state index in [4.69, 9.17) is 4.74 Å². The molecule has 1 aliphatic heterocycles. The Bertz CT molecular complexity index is 338. The van der Waals surface area contributed by atoms with Crippen LogP contribution in [0.4, 0.5) is 0 Å². The van der Waals surface area contributed by atoms with Crippen LogP contribution in [0.15, 0.2) is 35.2 Å². The highest BCUT2D eigenvalue weighted by Crippen LogP contribution is 2.43. The van der Waals surface area contributed by atoms with Crippen LogP contribution < -0.4 is 0 Å². The number of thioether (sulfide) groups is 1. The summed E-state index contributed by atoms with van der Waals surface area (Å²) in [4.78, 5) is 1.35. The zero-order valence-electron chi connectivity index (χ0n) is 10.3. The van der Waals surface area contributed by atoms with Crippen LogP contribution in [-0.4, -0.2) is 17.0 Å². The maximum Gasteiger partial charge on any atom is 0.0778 e. The Morgan fingerprint density at radius 2 is 2.06 bits per heavy atom. The number of benzene rings is 1. The molecule has 1 aromatic rings. The maximum atomic E-state index is 6.06. The fourth-order valence-electron chi connectivity index (χ4n) is 2.28. The third-order valence-electron chi connectivity index (χ3n) is 3.42. The molecule has 0 saturated carbocycles. The molecule has 88 valence electrons. The molecule has 1 saturated heterocycles. The van der Waals surface area contributed by atoms with Gasteiger partial charge < -0.3 is 4.74 Å². The Morgan fingerprint density at radius 1 is 1.38 bits per heavy atom. The van der Waals surface area contributed by atoms with Crippen LogP contribution in [0.25, 0.3) is 0 Å². The van der Waals surface area contributed by atoms with E-state index in [1.165, 1.54) is 4.90 Å². The van der Waals surface area contributed by atoms with E-state index in [1.807, 2.05) is 11.8 Å². The highest BCUT2D eigenvalue weighted by Gasteiger charge is 2.42. The van der Waals surface area contributed by atoms with Gasteiger partial charge >= 0.3 is 0 Å². The Hall–Kier alpha value is -0.470. The Kier molecular flexibility index (Phi) is 3.60. The fourth-order valence-corrected chi connectivity index (χ4v) is 3.76. The van der Waals surface area contributed by atoms with E-state index in [0.717, 1.165) is 12.8 Å². The van der Waals surface area contributed by atoms with E-state index >= 15 is 0 Å². The maximum absolute atomic E-state index is 6.06. The number of ether oxygens (including phenoxy) is 1. The average Bonchev–Trinajstić information content (AvgIpc) is 2.56. The number of hydrogen-bond acceptors (Lipinski definition) is 2. The zero-order valence-corrected chi connectivity index (χ0v) is 11.1. The highest BCUT2D eigenvalue weighted by atomic mass is 32.2. The monoisotopic (exact) mass is 236 g/mol. The van der Waals surface area contributed by atoms with Gasteiger partial charge in [0.05, 0.1) is 11.7 Å². The van der Waals surface area contributed by atoms with Crippen LogP contribution in [0.2, 0.25) is 0 Å². The number of rotatable bonds is 3. The number of hydrogen-bond donors (Lipinski definition) is 0. The van der Waals surface area contributed by atoms with Gasteiger partial charge in [0.25, 0.3) is 0 Å². The lowest BCUT2D eigenvalue weighted by molar-refractivity contribution is -0.0207. The van der Waals surface area contributed by atoms with Crippen LogP contribution in [0, 0.1) is 0 Å². The molecule has 0 unspecified atom stereocenters. The van der Waals surface area contributed by atoms with Crippen molar-refractivity contribution in [1.82, 2.24) is 0 Å². The van der Waals surface area contributed by atoms with Crippen molar-refractivity contribution >= 4 is 11.8 Å². The van der Waals surface area contributed by atoms with Crippen molar-refractivity contribution in [3.8, 4) is 0 Å². The summed E-state index contributed by atoms with van der Waals surface area (Å²) in [6, 6.07) is 10.6. The van der Waals surface area contributed by atoms with Crippen molar-refractivity contribution in [1.29, 1.82) is 0 Å². The summed E-state index contributed by atoms with van der Waals surface area (Å²) in [7, 11) is 0. The molecular weight excluding hydrogens is 216 g/mol. The average molecular weight is 236 g/mol. The lowest BCUT2D eigenvalue weighted by atomic mass is 9.99. The van der Waals surface area contributed by atoms with Crippen molar-refractivity contribution in [2.75, 3.05) is 0 Å². The standard InChI is InChI=1S/C14H20OS/c1-4-14(3)13(10-11(2)15-14)16-12-8-6-5-7-9-12/h5-9,11,13H,4,10H2,1-3H3/t11-,13+,14-/m1/s1. The zero-order chi connectivity index (χ0) is 11.6. The summed E-state index contributed by atoms with van der Waals surface area (Å²) in [6.45, 7) is 6.65.